The lowest BCUT2D eigenvalue weighted by atomic mass is 10.0. The largest absolute Gasteiger partial charge is 0.390 e. The molecule has 5 N–H and O–H groups in total. The second-order valence-electron chi connectivity index (χ2n) is 3.88. The number of pyridine rings is 1. The van der Waals surface area contributed by atoms with Crippen molar-refractivity contribution in [3.63, 3.8) is 0 Å². The van der Waals surface area contributed by atoms with Gasteiger partial charge in [0.15, 0.2) is 0 Å². The summed E-state index contributed by atoms with van der Waals surface area (Å²) in [6.07, 6.45) is 0.272. The van der Waals surface area contributed by atoms with Crippen LogP contribution in [0.3, 0.4) is 0 Å². The van der Waals surface area contributed by atoms with E-state index in [1.807, 2.05) is 6.92 Å². The van der Waals surface area contributed by atoms with Crippen molar-refractivity contribution in [3.8, 4) is 0 Å². The first kappa shape index (κ1) is 12.9. The number of aliphatic hydroxyl groups is 2. The summed E-state index contributed by atoms with van der Waals surface area (Å²) in [5, 5.41) is 22.5. The zero-order valence-corrected chi connectivity index (χ0v) is 9.64. The van der Waals surface area contributed by atoms with Gasteiger partial charge >= 0.3 is 0 Å². The summed E-state index contributed by atoms with van der Waals surface area (Å²) in [5.74, 6) is 0.445. The first-order chi connectivity index (χ1) is 7.56. The minimum Gasteiger partial charge on any atom is -0.390 e. The molecule has 0 bridgehead atoms. The standard InChI is InChI=1S/C11H19N3O2/c1-7-5-8(6-14-11(7)12)10(16)9(15)3-4-13-2/h5-6,9-10,13,15-16H,3-4H2,1-2H3,(H2,12,14). The van der Waals surface area contributed by atoms with Crippen molar-refractivity contribution in [2.24, 2.45) is 0 Å². The van der Waals surface area contributed by atoms with E-state index in [2.05, 4.69) is 10.3 Å². The maximum absolute atomic E-state index is 9.87. The van der Waals surface area contributed by atoms with E-state index in [4.69, 9.17) is 5.73 Å². The SMILES string of the molecule is CNCCC(O)C(O)c1cnc(N)c(C)c1. The summed E-state index contributed by atoms with van der Waals surface area (Å²) in [5.41, 5.74) is 6.98. The van der Waals surface area contributed by atoms with Crippen molar-refractivity contribution in [2.75, 3.05) is 19.3 Å². The number of hydrogen-bond acceptors (Lipinski definition) is 5. The van der Waals surface area contributed by atoms with Crippen molar-refractivity contribution >= 4 is 5.82 Å². The molecule has 2 unspecified atom stereocenters. The Hall–Kier alpha value is -1.17. The normalized spacial score (nSPS) is 14.8. The Bertz CT molecular complexity index is 344. The third-order valence-corrected chi connectivity index (χ3v) is 2.54. The summed E-state index contributed by atoms with van der Waals surface area (Å²) in [7, 11) is 1.80. The minimum atomic E-state index is -0.917. The number of nitrogens with one attached hydrogen (secondary N) is 1. The smallest absolute Gasteiger partial charge is 0.126 e. The lowest BCUT2D eigenvalue weighted by molar-refractivity contribution is 0.0138. The molecule has 5 nitrogen and oxygen atoms in total. The summed E-state index contributed by atoms with van der Waals surface area (Å²) >= 11 is 0. The third-order valence-electron chi connectivity index (χ3n) is 2.54. The molecule has 0 aromatic carbocycles. The quantitative estimate of drug-likeness (QED) is 0.565. The highest BCUT2D eigenvalue weighted by atomic mass is 16.3. The monoisotopic (exact) mass is 225 g/mol. The highest BCUT2D eigenvalue weighted by Crippen LogP contribution is 2.20. The Morgan fingerprint density at radius 2 is 2.19 bits per heavy atom. The predicted octanol–water partition coefficient (Wildman–Crippen LogP) is -0.0240. The van der Waals surface area contributed by atoms with Gasteiger partial charge in [-0.25, -0.2) is 4.98 Å². The zero-order chi connectivity index (χ0) is 12.1. The Morgan fingerprint density at radius 1 is 1.50 bits per heavy atom. The van der Waals surface area contributed by atoms with Crippen LogP contribution in [-0.2, 0) is 0 Å². The second kappa shape index (κ2) is 5.79. The fourth-order valence-electron chi connectivity index (χ4n) is 1.44. The molecule has 16 heavy (non-hydrogen) atoms. The fourth-order valence-corrected chi connectivity index (χ4v) is 1.44. The van der Waals surface area contributed by atoms with Gasteiger partial charge < -0.3 is 21.3 Å². The van der Waals surface area contributed by atoms with Gasteiger partial charge in [-0.05, 0) is 38.6 Å². The Kier molecular flexibility index (Phi) is 4.67. The van der Waals surface area contributed by atoms with E-state index >= 15 is 0 Å². The minimum absolute atomic E-state index is 0.445. The van der Waals surface area contributed by atoms with Crippen molar-refractivity contribution in [2.45, 2.75) is 25.6 Å². The molecule has 2 atom stereocenters. The lowest BCUT2D eigenvalue weighted by Crippen LogP contribution is -2.23. The molecule has 0 saturated carbocycles. The van der Waals surface area contributed by atoms with E-state index in [0.717, 1.165) is 5.56 Å². The van der Waals surface area contributed by atoms with Gasteiger partial charge in [0.1, 0.15) is 11.9 Å². The molecular formula is C11H19N3O2. The highest BCUT2D eigenvalue weighted by Gasteiger charge is 2.18. The van der Waals surface area contributed by atoms with E-state index in [-0.39, 0.29) is 0 Å². The zero-order valence-electron chi connectivity index (χ0n) is 9.64. The van der Waals surface area contributed by atoms with Gasteiger partial charge in [-0.2, -0.15) is 0 Å². The van der Waals surface area contributed by atoms with Gasteiger partial charge in [-0.1, -0.05) is 0 Å². The van der Waals surface area contributed by atoms with Gasteiger partial charge in [0, 0.05) is 11.8 Å². The molecule has 0 saturated heterocycles. The van der Waals surface area contributed by atoms with Gasteiger partial charge in [-0.3, -0.25) is 0 Å². The van der Waals surface area contributed by atoms with E-state index < -0.39 is 12.2 Å². The Balaban J connectivity index is 2.71. The molecule has 1 rings (SSSR count). The lowest BCUT2D eigenvalue weighted by Gasteiger charge is -2.18. The van der Waals surface area contributed by atoms with Crippen LogP contribution >= 0.6 is 0 Å². The van der Waals surface area contributed by atoms with Crippen LogP contribution in [0.2, 0.25) is 0 Å². The van der Waals surface area contributed by atoms with Crippen molar-refractivity contribution in [1.82, 2.24) is 10.3 Å². The first-order valence-electron chi connectivity index (χ1n) is 5.29. The van der Waals surface area contributed by atoms with Crippen LogP contribution in [0.1, 0.15) is 23.7 Å². The van der Waals surface area contributed by atoms with Gasteiger partial charge in [0.05, 0.1) is 6.10 Å². The number of aliphatic hydroxyl groups excluding tert-OH is 2. The average Bonchev–Trinajstić information content (AvgIpc) is 2.28. The van der Waals surface area contributed by atoms with Gasteiger partial charge in [0.2, 0.25) is 0 Å². The second-order valence-corrected chi connectivity index (χ2v) is 3.88. The number of anilines is 1. The molecule has 1 heterocycles. The molecule has 0 amide bonds. The molecule has 5 heteroatoms. The predicted molar refractivity (Wildman–Crippen MR) is 62.9 cm³/mol. The van der Waals surface area contributed by atoms with Crippen LogP contribution in [0, 0.1) is 6.92 Å². The van der Waals surface area contributed by atoms with E-state index in [9.17, 15) is 10.2 Å². The van der Waals surface area contributed by atoms with E-state index in [0.29, 0.717) is 24.3 Å². The van der Waals surface area contributed by atoms with Gasteiger partial charge in [-0.15, -0.1) is 0 Å². The van der Waals surface area contributed by atoms with Crippen LogP contribution in [0.15, 0.2) is 12.3 Å². The third kappa shape index (κ3) is 3.16. The molecule has 90 valence electrons. The molecular weight excluding hydrogens is 206 g/mol. The van der Waals surface area contributed by atoms with Crippen molar-refractivity contribution in [1.29, 1.82) is 0 Å². The number of hydrogen-bond donors (Lipinski definition) is 4. The number of aryl methyl sites for hydroxylation is 1. The summed E-state index contributed by atoms with van der Waals surface area (Å²) in [6, 6.07) is 1.75. The van der Waals surface area contributed by atoms with Crippen LogP contribution in [0.25, 0.3) is 0 Å². The Labute approximate surface area is 95.3 Å². The van der Waals surface area contributed by atoms with E-state index in [1.54, 1.807) is 13.1 Å². The van der Waals surface area contributed by atoms with Crippen LogP contribution in [0.4, 0.5) is 5.82 Å². The maximum Gasteiger partial charge on any atom is 0.126 e. The molecule has 0 fully saturated rings. The fraction of sp³-hybridized carbons (Fsp3) is 0.545. The molecule has 0 aliphatic heterocycles. The van der Waals surface area contributed by atoms with Crippen LogP contribution in [0.5, 0.6) is 0 Å². The van der Waals surface area contributed by atoms with Gasteiger partial charge in [0.25, 0.3) is 0 Å². The molecule has 0 spiro atoms. The molecule has 0 radical (unpaired) electrons. The summed E-state index contributed by atoms with van der Waals surface area (Å²) < 4.78 is 0. The van der Waals surface area contributed by atoms with Crippen molar-refractivity contribution < 1.29 is 10.2 Å². The molecule has 1 aromatic heterocycles. The molecule has 1 aromatic rings. The van der Waals surface area contributed by atoms with Crippen molar-refractivity contribution in [3.05, 3.63) is 23.4 Å². The summed E-state index contributed by atoms with van der Waals surface area (Å²) in [6.45, 7) is 2.47. The molecule has 0 aliphatic carbocycles. The number of nitrogens with two attached hydrogens (primary N) is 1. The highest BCUT2D eigenvalue weighted by molar-refractivity contribution is 5.40. The van der Waals surface area contributed by atoms with E-state index in [1.165, 1.54) is 6.20 Å². The number of aromatic nitrogens is 1. The number of rotatable bonds is 5. The topological polar surface area (TPSA) is 91.4 Å². The average molecular weight is 225 g/mol. The molecule has 0 aliphatic rings. The Morgan fingerprint density at radius 3 is 2.75 bits per heavy atom. The first-order valence-corrected chi connectivity index (χ1v) is 5.29. The van der Waals surface area contributed by atoms with Crippen LogP contribution in [-0.4, -0.2) is 34.9 Å². The number of nitrogens with zero attached hydrogens (tertiary/aromatic N) is 1. The van der Waals surface area contributed by atoms with Crippen LogP contribution < -0.4 is 11.1 Å². The maximum atomic E-state index is 9.87. The number of nitrogen functional groups attached to an aromatic ring is 1. The summed E-state index contributed by atoms with van der Waals surface area (Å²) in [4.78, 5) is 3.95.